The van der Waals surface area contributed by atoms with Gasteiger partial charge in [-0.3, -0.25) is 10.1 Å². The van der Waals surface area contributed by atoms with Crippen LogP contribution >= 0.6 is 22.9 Å². The van der Waals surface area contributed by atoms with Crippen molar-refractivity contribution in [1.29, 1.82) is 0 Å². The monoisotopic (exact) mass is 466 g/mol. The van der Waals surface area contributed by atoms with Crippen molar-refractivity contribution in [2.24, 2.45) is 0 Å². The lowest BCUT2D eigenvalue weighted by molar-refractivity contribution is 0.102. The minimum atomic E-state index is -3.88. The number of anilines is 1. The Bertz CT molecular complexity index is 1110. The van der Waals surface area contributed by atoms with E-state index in [2.05, 4.69) is 20.2 Å². The van der Waals surface area contributed by atoms with Gasteiger partial charge in [0.1, 0.15) is 5.75 Å². The predicted octanol–water partition coefficient (Wildman–Crippen LogP) is 3.71. The molecule has 0 aliphatic carbocycles. The van der Waals surface area contributed by atoms with Crippen LogP contribution in [-0.4, -0.2) is 30.6 Å². The van der Waals surface area contributed by atoms with E-state index in [9.17, 15) is 13.2 Å². The van der Waals surface area contributed by atoms with E-state index >= 15 is 0 Å². The third-order valence-corrected chi connectivity index (χ3v) is 6.58. The Labute approximate surface area is 183 Å². The van der Waals surface area contributed by atoms with Crippen molar-refractivity contribution in [2.45, 2.75) is 30.8 Å². The van der Waals surface area contributed by atoms with Crippen LogP contribution in [0.4, 0.5) is 5.13 Å². The van der Waals surface area contributed by atoms with Crippen LogP contribution in [0.5, 0.6) is 5.75 Å². The number of amides is 1. The summed E-state index contributed by atoms with van der Waals surface area (Å²) in [7, 11) is -3.88. The molecule has 3 rings (SSSR count). The number of sulfonamides is 1. The molecule has 0 fully saturated rings. The maximum Gasteiger partial charge on any atom is 0.270 e. The molecule has 0 bridgehead atoms. The lowest BCUT2D eigenvalue weighted by Crippen LogP contribution is -2.23. The number of rotatable bonds is 8. The highest BCUT2D eigenvalue weighted by Crippen LogP contribution is 2.21. The zero-order valence-corrected chi connectivity index (χ0v) is 18.5. The lowest BCUT2D eigenvalue weighted by Gasteiger charge is -2.10. The van der Waals surface area contributed by atoms with Crippen LogP contribution in [0.3, 0.4) is 0 Å². The standard InChI is InChI=1S/C19H19ClN4O4S2/c1-12(2)28-16-9-3-13(4-10-16)11-21-30(26,27)19-24-23-18(29-19)22-17(25)14-5-7-15(20)8-6-14/h3-10,12,21H,11H2,1-2H3,(H,22,23,25). The number of hydrogen-bond acceptors (Lipinski definition) is 7. The quantitative estimate of drug-likeness (QED) is 0.489. The zero-order chi connectivity index (χ0) is 21.7. The van der Waals surface area contributed by atoms with Gasteiger partial charge >= 0.3 is 0 Å². The number of benzene rings is 2. The molecule has 0 saturated carbocycles. The first-order valence-corrected chi connectivity index (χ1v) is 11.6. The van der Waals surface area contributed by atoms with Gasteiger partial charge in [0.25, 0.3) is 15.9 Å². The molecule has 158 valence electrons. The van der Waals surface area contributed by atoms with E-state index in [1.165, 1.54) is 0 Å². The summed E-state index contributed by atoms with van der Waals surface area (Å²) in [5.74, 6) is 0.269. The average molecular weight is 467 g/mol. The van der Waals surface area contributed by atoms with Crippen molar-refractivity contribution in [3.05, 3.63) is 64.7 Å². The Balaban J connectivity index is 1.60. The van der Waals surface area contributed by atoms with Crippen LogP contribution in [-0.2, 0) is 16.6 Å². The molecule has 1 heterocycles. The first-order chi connectivity index (χ1) is 14.2. The summed E-state index contributed by atoms with van der Waals surface area (Å²) in [6.45, 7) is 3.93. The second-order valence-corrected chi connectivity index (χ2v) is 9.82. The third kappa shape index (κ3) is 5.99. The Morgan fingerprint density at radius 1 is 1.10 bits per heavy atom. The third-order valence-electron chi connectivity index (χ3n) is 3.72. The number of carbonyl (C=O) groups excluding carboxylic acids is 1. The molecular weight excluding hydrogens is 448 g/mol. The first-order valence-electron chi connectivity index (χ1n) is 8.88. The minimum Gasteiger partial charge on any atom is -0.491 e. The molecule has 3 aromatic rings. The first kappa shape index (κ1) is 22.2. The average Bonchev–Trinajstić information content (AvgIpc) is 3.17. The van der Waals surface area contributed by atoms with Crippen LogP contribution in [0.25, 0.3) is 0 Å². The Kier molecular flexibility index (Phi) is 7.03. The fourth-order valence-electron chi connectivity index (χ4n) is 2.34. The number of ether oxygens (including phenoxy) is 1. The van der Waals surface area contributed by atoms with Gasteiger partial charge in [-0.1, -0.05) is 35.1 Å². The molecule has 1 amide bonds. The molecule has 0 radical (unpaired) electrons. The highest BCUT2D eigenvalue weighted by atomic mass is 35.5. The van der Waals surface area contributed by atoms with Gasteiger partial charge in [-0.2, -0.15) is 0 Å². The molecule has 0 aliphatic heterocycles. The fourth-order valence-corrected chi connectivity index (χ4v) is 4.42. The zero-order valence-electron chi connectivity index (χ0n) is 16.1. The normalized spacial score (nSPS) is 11.5. The van der Waals surface area contributed by atoms with E-state index in [0.29, 0.717) is 16.3 Å². The molecule has 0 aliphatic rings. The van der Waals surface area contributed by atoms with Gasteiger partial charge in [0.15, 0.2) is 0 Å². The maximum absolute atomic E-state index is 12.5. The van der Waals surface area contributed by atoms with Gasteiger partial charge < -0.3 is 4.74 Å². The molecule has 2 N–H and O–H groups in total. The second kappa shape index (κ2) is 9.52. The van der Waals surface area contributed by atoms with Crippen molar-refractivity contribution >= 4 is 44.0 Å². The predicted molar refractivity (Wildman–Crippen MR) is 116 cm³/mol. The van der Waals surface area contributed by atoms with E-state index in [1.54, 1.807) is 48.5 Å². The van der Waals surface area contributed by atoms with E-state index in [4.69, 9.17) is 16.3 Å². The summed E-state index contributed by atoms with van der Waals surface area (Å²) in [5, 5.41) is 10.5. The number of carbonyl (C=O) groups is 1. The van der Waals surface area contributed by atoms with E-state index in [-0.39, 0.29) is 22.1 Å². The van der Waals surface area contributed by atoms with Gasteiger partial charge in [0.05, 0.1) is 6.10 Å². The van der Waals surface area contributed by atoms with Crippen LogP contribution < -0.4 is 14.8 Å². The molecule has 2 aromatic carbocycles. The summed E-state index contributed by atoms with van der Waals surface area (Å²) >= 11 is 6.56. The van der Waals surface area contributed by atoms with Crippen molar-refractivity contribution in [1.82, 2.24) is 14.9 Å². The van der Waals surface area contributed by atoms with Crippen LogP contribution in [0.1, 0.15) is 29.8 Å². The van der Waals surface area contributed by atoms with Gasteiger partial charge in [0.2, 0.25) is 9.47 Å². The maximum atomic E-state index is 12.5. The molecule has 0 atom stereocenters. The van der Waals surface area contributed by atoms with Gasteiger partial charge in [-0.05, 0) is 55.8 Å². The topological polar surface area (TPSA) is 110 Å². The van der Waals surface area contributed by atoms with Crippen molar-refractivity contribution < 1.29 is 17.9 Å². The van der Waals surface area contributed by atoms with Gasteiger partial charge in [0, 0.05) is 17.1 Å². The van der Waals surface area contributed by atoms with E-state index < -0.39 is 15.9 Å². The second-order valence-electron chi connectivity index (χ2n) is 6.47. The highest BCUT2D eigenvalue weighted by molar-refractivity contribution is 7.91. The molecule has 0 saturated heterocycles. The van der Waals surface area contributed by atoms with Crippen molar-refractivity contribution in [3.8, 4) is 5.75 Å². The van der Waals surface area contributed by atoms with Gasteiger partial charge in [-0.15, -0.1) is 10.2 Å². The number of halogens is 1. The van der Waals surface area contributed by atoms with Crippen molar-refractivity contribution in [3.63, 3.8) is 0 Å². The number of aromatic nitrogens is 2. The Hall–Kier alpha value is -2.53. The number of nitrogens with one attached hydrogen (secondary N) is 2. The Morgan fingerprint density at radius 2 is 1.77 bits per heavy atom. The fraction of sp³-hybridized carbons (Fsp3) is 0.211. The number of hydrogen-bond donors (Lipinski definition) is 2. The summed E-state index contributed by atoms with van der Waals surface area (Å²) in [5.41, 5.74) is 1.12. The summed E-state index contributed by atoms with van der Waals surface area (Å²) in [6.07, 6.45) is 0.0566. The largest absolute Gasteiger partial charge is 0.491 e. The van der Waals surface area contributed by atoms with Crippen molar-refractivity contribution in [2.75, 3.05) is 5.32 Å². The lowest BCUT2D eigenvalue weighted by atomic mass is 10.2. The van der Waals surface area contributed by atoms with E-state index in [0.717, 1.165) is 16.9 Å². The highest BCUT2D eigenvalue weighted by Gasteiger charge is 2.21. The van der Waals surface area contributed by atoms with E-state index in [1.807, 2.05) is 13.8 Å². The van der Waals surface area contributed by atoms with Crippen LogP contribution in [0.2, 0.25) is 5.02 Å². The molecule has 30 heavy (non-hydrogen) atoms. The summed E-state index contributed by atoms with van der Waals surface area (Å²) in [6, 6.07) is 13.4. The molecule has 8 nitrogen and oxygen atoms in total. The molecular formula is C19H19ClN4O4S2. The van der Waals surface area contributed by atoms with Crippen LogP contribution in [0, 0.1) is 0 Å². The SMILES string of the molecule is CC(C)Oc1ccc(CNS(=O)(=O)c2nnc(NC(=O)c3ccc(Cl)cc3)s2)cc1. The summed E-state index contributed by atoms with van der Waals surface area (Å²) in [4.78, 5) is 12.2. The summed E-state index contributed by atoms with van der Waals surface area (Å²) < 4.78 is 32.7. The van der Waals surface area contributed by atoms with Gasteiger partial charge in [-0.25, -0.2) is 13.1 Å². The minimum absolute atomic E-state index is 0.0566. The molecule has 0 spiro atoms. The molecule has 11 heteroatoms. The molecule has 0 unspecified atom stereocenters. The molecule has 1 aromatic heterocycles. The van der Waals surface area contributed by atoms with Crippen LogP contribution in [0.15, 0.2) is 52.9 Å². The number of nitrogens with zero attached hydrogens (tertiary/aromatic N) is 2. The Morgan fingerprint density at radius 3 is 2.40 bits per heavy atom. The smallest absolute Gasteiger partial charge is 0.270 e.